The third-order valence-electron chi connectivity index (χ3n) is 3.25. The Balaban J connectivity index is 2.61. The van der Waals surface area contributed by atoms with E-state index in [1.54, 1.807) is 18.1 Å². The molecule has 0 aliphatic rings. The highest BCUT2D eigenvalue weighted by Gasteiger charge is 2.16. The van der Waals surface area contributed by atoms with E-state index < -0.39 is 0 Å². The van der Waals surface area contributed by atoms with E-state index in [1.165, 1.54) is 0 Å². The van der Waals surface area contributed by atoms with Gasteiger partial charge in [0.2, 0.25) is 5.91 Å². The van der Waals surface area contributed by atoms with Gasteiger partial charge in [0.15, 0.2) is 0 Å². The van der Waals surface area contributed by atoms with Crippen molar-refractivity contribution in [2.75, 3.05) is 32.5 Å². The lowest BCUT2D eigenvalue weighted by molar-refractivity contribution is -0.131. The normalized spacial score (nSPS) is 11.9. The number of nitrogens with zero attached hydrogens (tertiary/aromatic N) is 1. The van der Waals surface area contributed by atoms with Gasteiger partial charge in [-0.25, -0.2) is 0 Å². The standard InChI is InChI=1S/C16H24N2O2/c1-4-9-18(10-11-20-3)16(19)12-13(2)14-5-7-15(17)8-6-14/h4-8,13H,1,9-12,17H2,2-3H3. The molecule has 1 aromatic rings. The highest BCUT2D eigenvalue weighted by Crippen LogP contribution is 2.21. The molecule has 2 N–H and O–H groups in total. The summed E-state index contributed by atoms with van der Waals surface area (Å²) in [5.74, 6) is 0.282. The molecule has 0 fully saturated rings. The van der Waals surface area contributed by atoms with Crippen molar-refractivity contribution < 1.29 is 9.53 Å². The maximum Gasteiger partial charge on any atom is 0.223 e. The summed E-state index contributed by atoms with van der Waals surface area (Å²) in [6.07, 6.45) is 2.21. The summed E-state index contributed by atoms with van der Waals surface area (Å²) in [4.78, 5) is 14.1. The zero-order valence-corrected chi connectivity index (χ0v) is 12.3. The molecule has 20 heavy (non-hydrogen) atoms. The summed E-state index contributed by atoms with van der Waals surface area (Å²) in [5, 5.41) is 0. The number of carbonyl (C=O) groups is 1. The van der Waals surface area contributed by atoms with E-state index >= 15 is 0 Å². The summed E-state index contributed by atoms with van der Waals surface area (Å²) in [6.45, 7) is 7.42. The van der Waals surface area contributed by atoms with Crippen LogP contribution in [0.4, 0.5) is 5.69 Å². The van der Waals surface area contributed by atoms with Crippen molar-refractivity contribution in [2.24, 2.45) is 0 Å². The van der Waals surface area contributed by atoms with Crippen LogP contribution in [0.1, 0.15) is 24.8 Å². The van der Waals surface area contributed by atoms with Crippen LogP contribution in [0.2, 0.25) is 0 Å². The second-order valence-corrected chi connectivity index (χ2v) is 4.89. The van der Waals surface area contributed by atoms with Crippen LogP contribution in [0, 0.1) is 0 Å². The minimum Gasteiger partial charge on any atom is -0.399 e. The fraction of sp³-hybridized carbons (Fsp3) is 0.438. The van der Waals surface area contributed by atoms with Crippen LogP contribution >= 0.6 is 0 Å². The number of carbonyl (C=O) groups excluding carboxylic acids is 1. The van der Waals surface area contributed by atoms with Gasteiger partial charge in [-0.15, -0.1) is 6.58 Å². The molecule has 0 spiro atoms. The van der Waals surface area contributed by atoms with Crippen LogP contribution in [0.5, 0.6) is 0 Å². The fourth-order valence-electron chi connectivity index (χ4n) is 2.01. The molecule has 1 unspecified atom stereocenters. The van der Waals surface area contributed by atoms with Crippen molar-refractivity contribution in [2.45, 2.75) is 19.3 Å². The van der Waals surface area contributed by atoms with Gasteiger partial charge in [0.05, 0.1) is 6.61 Å². The van der Waals surface area contributed by atoms with Gasteiger partial charge in [0.1, 0.15) is 0 Å². The van der Waals surface area contributed by atoms with Crippen LogP contribution in [0.15, 0.2) is 36.9 Å². The van der Waals surface area contributed by atoms with Crippen LogP contribution in [-0.2, 0) is 9.53 Å². The Bertz CT molecular complexity index is 429. The van der Waals surface area contributed by atoms with E-state index in [0.29, 0.717) is 26.1 Å². The largest absolute Gasteiger partial charge is 0.399 e. The van der Waals surface area contributed by atoms with Gasteiger partial charge in [-0.2, -0.15) is 0 Å². The smallest absolute Gasteiger partial charge is 0.223 e. The van der Waals surface area contributed by atoms with Crippen molar-refractivity contribution >= 4 is 11.6 Å². The first-order chi connectivity index (χ1) is 9.58. The van der Waals surface area contributed by atoms with E-state index in [2.05, 4.69) is 6.58 Å². The maximum atomic E-state index is 12.3. The van der Waals surface area contributed by atoms with Crippen LogP contribution in [0.3, 0.4) is 0 Å². The lowest BCUT2D eigenvalue weighted by atomic mass is 9.97. The average molecular weight is 276 g/mol. The minimum absolute atomic E-state index is 0.117. The number of nitrogens with two attached hydrogens (primary N) is 1. The molecule has 0 aromatic heterocycles. The molecule has 4 heteroatoms. The van der Waals surface area contributed by atoms with E-state index in [4.69, 9.17) is 10.5 Å². The first kappa shape index (κ1) is 16.2. The summed E-state index contributed by atoms with van der Waals surface area (Å²) in [5.41, 5.74) is 7.53. The molecule has 1 atom stereocenters. The SMILES string of the molecule is C=CCN(CCOC)C(=O)CC(C)c1ccc(N)cc1. The first-order valence-corrected chi connectivity index (χ1v) is 6.81. The molecule has 0 saturated heterocycles. The Kier molecular flexibility index (Phi) is 6.81. The van der Waals surface area contributed by atoms with Crippen molar-refractivity contribution in [1.29, 1.82) is 0 Å². The molecule has 1 aromatic carbocycles. The number of rotatable bonds is 8. The molecule has 4 nitrogen and oxygen atoms in total. The summed E-state index contributed by atoms with van der Waals surface area (Å²) in [6, 6.07) is 7.67. The lowest BCUT2D eigenvalue weighted by Gasteiger charge is -2.22. The Morgan fingerprint density at radius 1 is 1.45 bits per heavy atom. The molecule has 0 heterocycles. The quantitative estimate of drug-likeness (QED) is 0.586. The van der Waals surface area contributed by atoms with E-state index in [0.717, 1.165) is 11.3 Å². The van der Waals surface area contributed by atoms with Gasteiger partial charge < -0.3 is 15.4 Å². The average Bonchev–Trinajstić information content (AvgIpc) is 2.43. The molecule has 0 radical (unpaired) electrons. The molecule has 1 rings (SSSR count). The van der Waals surface area contributed by atoms with Gasteiger partial charge in [0.25, 0.3) is 0 Å². The number of hydrogen-bond donors (Lipinski definition) is 1. The van der Waals surface area contributed by atoms with Gasteiger partial charge >= 0.3 is 0 Å². The van der Waals surface area contributed by atoms with Gasteiger partial charge in [-0.3, -0.25) is 4.79 Å². The number of hydrogen-bond acceptors (Lipinski definition) is 3. The highest BCUT2D eigenvalue weighted by molar-refractivity contribution is 5.77. The van der Waals surface area contributed by atoms with Crippen molar-refractivity contribution in [3.63, 3.8) is 0 Å². The Hall–Kier alpha value is -1.81. The lowest BCUT2D eigenvalue weighted by Crippen LogP contribution is -2.34. The predicted octanol–water partition coefficient (Wildman–Crippen LogP) is 2.42. The minimum atomic E-state index is 0.117. The van der Waals surface area contributed by atoms with E-state index in [9.17, 15) is 4.79 Å². The molecule has 0 aliphatic carbocycles. The number of nitrogen functional groups attached to an aromatic ring is 1. The molecular weight excluding hydrogens is 252 g/mol. The number of anilines is 1. The maximum absolute atomic E-state index is 12.3. The Labute approximate surface area is 121 Å². The third kappa shape index (κ3) is 5.05. The molecule has 110 valence electrons. The summed E-state index contributed by atoms with van der Waals surface area (Å²) in [7, 11) is 1.63. The Morgan fingerprint density at radius 2 is 2.10 bits per heavy atom. The highest BCUT2D eigenvalue weighted by atomic mass is 16.5. The fourth-order valence-corrected chi connectivity index (χ4v) is 2.01. The summed E-state index contributed by atoms with van der Waals surface area (Å²) < 4.78 is 5.03. The van der Waals surface area contributed by atoms with Crippen LogP contribution in [-0.4, -0.2) is 37.6 Å². The monoisotopic (exact) mass is 276 g/mol. The topological polar surface area (TPSA) is 55.6 Å². The molecular formula is C16H24N2O2. The van der Waals surface area contributed by atoms with Crippen molar-refractivity contribution in [1.82, 2.24) is 4.90 Å². The van der Waals surface area contributed by atoms with Gasteiger partial charge in [-0.05, 0) is 23.6 Å². The van der Waals surface area contributed by atoms with Crippen molar-refractivity contribution in [3.8, 4) is 0 Å². The van der Waals surface area contributed by atoms with Crippen LogP contribution in [0.25, 0.3) is 0 Å². The molecule has 0 aliphatic heterocycles. The van der Waals surface area contributed by atoms with Crippen molar-refractivity contribution in [3.05, 3.63) is 42.5 Å². The molecule has 0 saturated carbocycles. The van der Waals surface area contributed by atoms with E-state index in [-0.39, 0.29) is 11.8 Å². The number of methoxy groups -OCH3 is 1. The summed E-state index contributed by atoms with van der Waals surface area (Å²) >= 11 is 0. The molecule has 1 amide bonds. The number of amides is 1. The van der Waals surface area contributed by atoms with Gasteiger partial charge in [0, 0.05) is 32.3 Å². The van der Waals surface area contributed by atoms with Gasteiger partial charge in [-0.1, -0.05) is 25.1 Å². The number of ether oxygens (including phenoxy) is 1. The zero-order valence-electron chi connectivity index (χ0n) is 12.3. The number of benzene rings is 1. The van der Waals surface area contributed by atoms with Crippen LogP contribution < -0.4 is 5.73 Å². The second-order valence-electron chi connectivity index (χ2n) is 4.89. The zero-order chi connectivity index (χ0) is 15.0. The third-order valence-corrected chi connectivity index (χ3v) is 3.25. The molecule has 0 bridgehead atoms. The first-order valence-electron chi connectivity index (χ1n) is 6.81. The Morgan fingerprint density at radius 3 is 2.65 bits per heavy atom. The van der Waals surface area contributed by atoms with E-state index in [1.807, 2.05) is 31.2 Å². The second kappa shape index (κ2) is 8.38. The predicted molar refractivity (Wildman–Crippen MR) is 82.5 cm³/mol.